The van der Waals surface area contributed by atoms with Crippen LogP contribution in [-0.2, 0) is 32.3 Å². The Hall–Kier alpha value is -0.877. The molecule has 0 bridgehead atoms. The second kappa shape index (κ2) is 16.2. The largest absolute Gasteiger partial charge is 0.365 e. The first-order valence-electron chi connectivity index (χ1n) is 7.33. The molecule has 0 radical (unpaired) electrons. The molecule has 0 aliphatic carbocycles. The molecule has 1 N–H and O–H groups in total. The Morgan fingerprint density at radius 3 is 2.40 bits per heavy atom. The van der Waals surface area contributed by atoms with Gasteiger partial charge in [-0.25, -0.2) is 0 Å². The van der Waals surface area contributed by atoms with E-state index in [0.717, 1.165) is 6.42 Å². The first-order valence-corrected chi connectivity index (χ1v) is 7.33. The first kappa shape index (κ1) is 21.4. The molecule has 0 atom stereocenters. The molecule has 0 amide bonds. The van der Waals surface area contributed by atoms with Gasteiger partial charge in [0.1, 0.15) is 0 Å². The maximum absolute atomic E-state index is 3.58. The summed E-state index contributed by atoms with van der Waals surface area (Å²) in [7, 11) is 0. The summed E-state index contributed by atoms with van der Waals surface area (Å²) in [4.78, 5) is 3.29. The molecule has 1 rings (SSSR count). The third-order valence-corrected chi connectivity index (χ3v) is 2.69. The van der Waals surface area contributed by atoms with Crippen LogP contribution in [0.2, 0.25) is 0 Å². The van der Waals surface area contributed by atoms with Crippen molar-refractivity contribution in [2.75, 3.05) is 0 Å². The topological polar surface area (TPSA) is 15.8 Å². The van der Waals surface area contributed by atoms with Crippen LogP contribution in [0.4, 0.5) is 0 Å². The number of rotatable bonds is 7. The van der Waals surface area contributed by atoms with E-state index in [1.165, 1.54) is 36.9 Å². The SMILES string of the molecule is C=CCC=CC=CC.CCCc1cc[nH]c1CCC.[Ru]. The molecule has 0 spiro atoms. The summed E-state index contributed by atoms with van der Waals surface area (Å²) >= 11 is 0. The van der Waals surface area contributed by atoms with E-state index in [2.05, 4.69) is 43.7 Å². The standard InChI is InChI=1S/C10H17N.C8H12.Ru/c1-3-5-9-7-8-11-10(9)6-4-2;1-3-5-7-8-6-4-2;/h7-8,11H,3-6H2,1-2H3;3-4,6-8H,1,5H2,2H3;. The molecule has 1 nitrogen and oxygen atoms in total. The van der Waals surface area contributed by atoms with E-state index in [9.17, 15) is 0 Å². The number of aromatic amines is 1. The number of H-pyrrole nitrogens is 1. The van der Waals surface area contributed by atoms with Crippen LogP contribution >= 0.6 is 0 Å². The van der Waals surface area contributed by atoms with Gasteiger partial charge in [0.25, 0.3) is 0 Å². The fourth-order valence-corrected chi connectivity index (χ4v) is 1.79. The predicted octanol–water partition coefficient (Wildman–Crippen LogP) is 5.61. The molecule has 1 heterocycles. The Morgan fingerprint density at radius 1 is 1.15 bits per heavy atom. The third-order valence-electron chi connectivity index (χ3n) is 2.69. The fraction of sp³-hybridized carbons (Fsp3) is 0.444. The van der Waals surface area contributed by atoms with Gasteiger partial charge in [0.15, 0.2) is 0 Å². The maximum atomic E-state index is 3.58. The minimum Gasteiger partial charge on any atom is -0.365 e. The fourth-order valence-electron chi connectivity index (χ4n) is 1.79. The van der Waals surface area contributed by atoms with Gasteiger partial charge in [-0.1, -0.05) is 57.1 Å². The summed E-state index contributed by atoms with van der Waals surface area (Å²) in [6, 6.07) is 2.20. The Kier molecular flexibility index (Phi) is 17.3. The van der Waals surface area contributed by atoms with Crippen molar-refractivity contribution in [1.82, 2.24) is 4.98 Å². The summed E-state index contributed by atoms with van der Waals surface area (Å²) in [5, 5.41) is 0. The third kappa shape index (κ3) is 11.0. The molecular weight excluding hydrogens is 331 g/mol. The molecule has 0 aliphatic rings. The van der Waals surface area contributed by atoms with E-state index < -0.39 is 0 Å². The average Bonchev–Trinajstić information content (AvgIpc) is 2.84. The number of allylic oxidation sites excluding steroid dienone is 5. The Balaban J connectivity index is 0. The van der Waals surface area contributed by atoms with Crippen LogP contribution in [0.1, 0.15) is 51.3 Å². The smallest absolute Gasteiger partial charge is 0.0179 e. The average molecular weight is 361 g/mol. The number of aryl methyl sites for hydroxylation is 2. The minimum absolute atomic E-state index is 0. The van der Waals surface area contributed by atoms with Gasteiger partial charge in [-0.2, -0.15) is 0 Å². The van der Waals surface area contributed by atoms with Gasteiger partial charge in [-0.05, 0) is 37.8 Å². The summed E-state index contributed by atoms with van der Waals surface area (Å²) in [5.41, 5.74) is 2.95. The van der Waals surface area contributed by atoms with Crippen LogP contribution in [0.5, 0.6) is 0 Å². The van der Waals surface area contributed by atoms with Crippen LogP contribution in [0.15, 0.2) is 49.2 Å². The summed E-state index contributed by atoms with van der Waals surface area (Å²) in [5.74, 6) is 0. The van der Waals surface area contributed by atoms with E-state index >= 15 is 0 Å². The van der Waals surface area contributed by atoms with Crippen molar-refractivity contribution in [3.8, 4) is 0 Å². The zero-order valence-corrected chi connectivity index (χ0v) is 14.9. The molecule has 2 heteroatoms. The summed E-state index contributed by atoms with van der Waals surface area (Å²) < 4.78 is 0. The quantitative estimate of drug-likeness (QED) is 0.369. The van der Waals surface area contributed by atoms with E-state index in [1.807, 2.05) is 31.2 Å². The first-order chi connectivity index (χ1) is 9.29. The maximum Gasteiger partial charge on any atom is 0.0179 e. The number of aromatic nitrogens is 1. The van der Waals surface area contributed by atoms with Gasteiger partial charge < -0.3 is 4.98 Å². The molecule has 0 aromatic carbocycles. The van der Waals surface area contributed by atoms with Gasteiger partial charge >= 0.3 is 0 Å². The van der Waals surface area contributed by atoms with E-state index in [4.69, 9.17) is 0 Å². The van der Waals surface area contributed by atoms with Crippen molar-refractivity contribution in [2.45, 2.75) is 52.9 Å². The monoisotopic (exact) mass is 361 g/mol. The second-order valence-electron chi connectivity index (χ2n) is 4.46. The molecule has 0 saturated carbocycles. The van der Waals surface area contributed by atoms with E-state index in [-0.39, 0.29) is 19.5 Å². The summed E-state index contributed by atoms with van der Waals surface area (Å²) in [6.07, 6.45) is 17.9. The number of nitrogens with one attached hydrogen (secondary N) is 1. The van der Waals surface area contributed by atoms with Gasteiger partial charge in [0.2, 0.25) is 0 Å². The second-order valence-corrected chi connectivity index (χ2v) is 4.46. The number of hydrogen-bond acceptors (Lipinski definition) is 0. The van der Waals surface area contributed by atoms with Crippen molar-refractivity contribution in [3.63, 3.8) is 0 Å². The van der Waals surface area contributed by atoms with Crippen LogP contribution in [0, 0.1) is 0 Å². The van der Waals surface area contributed by atoms with Crippen LogP contribution in [0.3, 0.4) is 0 Å². The van der Waals surface area contributed by atoms with Crippen molar-refractivity contribution < 1.29 is 19.5 Å². The molecule has 1 aromatic rings. The normalized spacial score (nSPS) is 10.2. The van der Waals surface area contributed by atoms with Crippen molar-refractivity contribution in [2.24, 2.45) is 0 Å². The molecule has 114 valence electrons. The van der Waals surface area contributed by atoms with Gasteiger partial charge in [-0.15, -0.1) is 6.58 Å². The molecule has 20 heavy (non-hydrogen) atoms. The zero-order valence-electron chi connectivity index (χ0n) is 13.1. The van der Waals surface area contributed by atoms with Crippen molar-refractivity contribution >= 4 is 0 Å². The zero-order chi connectivity index (χ0) is 14.3. The molecule has 0 unspecified atom stereocenters. The minimum atomic E-state index is 0. The molecular formula is C18H29NRu. The van der Waals surface area contributed by atoms with Crippen molar-refractivity contribution in [1.29, 1.82) is 0 Å². The molecule has 0 fully saturated rings. The van der Waals surface area contributed by atoms with E-state index in [0.29, 0.717) is 0 Å². The number of hydrogen-bond donors (Lipinski definition) is 1. The van der Waals surface area contributed by atoms with E-state index in [1.54, 1.807) is 0 Å². The Morgan fingerprint density at radius 2 is 1.85 bits per heavy atom. The predicted molar refractivity (Wildman–Crippen MR) is 87.6 cm³/mol. The molecule has 1 aromatic heterocycles. The summed E-state index contributed by atoms with van der Waals surface area (Å²) in [6.45, 7) is 10.0. The Bertz CT molecular complexity index is 354. The Labute approximate surface area is 138 Å². The molecule has 0 saturated heterocycles. The van der Waals surface area contributed by atoms with Crippen LogP contribution in [0.25, 0.3) is 0 Å². The molecule has 0 aliphatic heterocycles. The van der Waals surface area contributed by atoms with Crippen LogP contribution in [-0.4, -0.2) is 4.98 Å². The van der Waals surface area contributed by atoms with Crippen molar-refractivity contribution in [3.05, 3.63) is 60.5 Å². The van der Waals surface area contributed by atoms with Crippen LogP contribution < -0.4 is 0 Å². The van der Waals surface area contributed by atoms with Gasteiger partial charge in [-0.3, -0.25) is 0 Å². The van der Waals surface area contributed by atoms with Gasteiger partial charge in [0.05, 0.1) is 0 Å². The van der Waals surface area contributed by atoms with Gasteiger partial charge in [0, 0.05) is 31.4 Å².